The fourth-order valence-electron chi connectivity index (χ4n) is 4.14. The van der Waals surface area contributed by atoms with Crippen molar-refractivity contribution < 1.29 is 4.79 Å². The summed E-state index contributed by atoms with van der Waals surface area (Å²) in [5, 5.41) is 3.00. The SMILES string of the molecule is CN1CCN(c2ccc3nc(C4C(=O)NC5=CC=CC=CC54)[nH]c3c2)CC1. The number of aromatic nitrogens is 2. The first-order valence-electron chi connectivity index (χ1n) is 9.48. The number of hydrogen-bond donors (Lipinski definition) is 2. The molecule has 2 aromatic rings. The standard InChI is InChI=1S/C21H23N5O/c1-25-9-11-26(12-10-25)14-7-8-17-18(13-14)23-20(22-17)19-15-5-3-2-4-6-16(15)24-21(19)27/h2-8,13,15,19H,9-12H2,1H3,(H,22,23)(H,24,27). The molecule has 2 atom stereocenters. The van der Waals surface area contributed by atoms with Gasteiger partial charge in [-0.1, -0.05) is 24.3 Å². The summed E-state index contributed by atoms with van der Waals surface area (Å²) in [5.74, 6) is 0.430. The van der Waals surface area contributed by atoms with Gasteiger partial charge in [0.1, 0.15) is 11.7 Å². The van der Waals surface area contributed by atoms with Gasteiger partial charge in [-0.25, -0.2) is 4.98 Å². The number of imidazole rings is 1. The van der Waals surface area contributed by atoms with Gasteiger partial charge >= 0.3 is 0 Å². The fraction of sp³-hybridized carbons (Fsp3) is 0.333. The Hall–Kier alpha value is -2.86. The highest BCUT2D eigenvalue weighted by atomic mass is 16.2. The Morgan fingerprint density at radius 2 is 1.96 bits per heavy atom. The summed E-state index contributed by atoms with van der Waals surface area (Å²) in [6, 6.07) is 6.34. The van der Waals surface area contributed by atoms with E-state index in [1.54, 1.807) is 0 Å². The molecule has 1 amide bonds. The number of anilines is 1. The molecular formula is C21H23N5O. The zero-order chi connectivity index (χ0) is 18.4. The quantitative estimate of drug-likeness (QED) is 0.860. The third-order valence-electron chi connectivity index (χ3n) is 5.73. The van der Waals surface area contributed by atoms with Crippen molar-refractivity contribution in [2.45, 2.75) is 5.92 Å². The third-order valence-corrected chi connectivity index (χ3v) is 5.73. The zero-order valence-corrected chi connectivity index (χ0v) is 15.4. The van der Waals surface area contributed by atoms with Crippen molar-refractivity contribution in [3.8, 4) is 0 Å². The van der Waals surface area contributed by atoms with Crippen LogP contribution in [0.1, 0.15) is 11.7 Å². The van der Waals surface area contributed by atoms with Crippen LogP contribution in [0, 0.1) is 5.92 Å². The number of benzene rings is 1. The van der Waals surface area contributed by atoms with Crippen molar-refractivity contribution in [1.29, 1.82) is 0 Å². The molecule has 2 saturated heterocycles. The Bertz CT molecular complexity index is 978. The summed E-state index contributed by atoms with van der Waals surface area (Å²) in [5.41, 5.74) is 4.04. The van der Waals surface area contributed by atoms with Crippen LogP contribution < -0.4 is 10.2 Å². The van der Waals surface area contributed by atoms with E-state index in [4.69, 9.17) is 4.98 Å². The number of carbonyl (C=O) groups excluding carboxylic acids is 1. The van der Waals surface area contributed by atoms with Gasteiger partial charge < -0.3 is 20.1 Å². The Balaban J connectivity index is 1.47. The molecule has 0 spiro atoms. The topological polar surface area (TPSA) is 64.3 Å². The summed E-state index contributed by atoms with van der Waals surface area (Å²) in [6.45, 7) is 4.21. The molecule has 2 N–H and O–H groups in total. The monoisotopic (exact) mass is 361 g/mol. The molecule has 0 bridgehead atoms. The summed E-state index contributed by atoms with van der Waals surface area (Å²) >= 11 is 0. The molecule has 2 unspecified atom stereocenters. The Kier molecular flexibility index (Phi) is 3.86. The van der Waals surface area contributed by atoms with Crippen LogP contribution in [0.5, 0.6) is 0 Å². The van der Waals surface area contributed by atoms with Crippen LogP contribution >= 0.6 is 0 Å². The molecule has 6 heteroatoms. The average molecular weight is 361 g/mol. The van der Waals surface area contributed by atoms with E-state index >= 15 is 0 Å². The summed E-state index contributed by atoms with van der Waals surface area (Å²) < 4.78 is 0. The number of nitrogens with zero attached hydrogens (tertiary/aromatic N) is 3. The molecule has 6 nitrogen and oxygen atoms in total. The predicted octanol–water partition coefficient (Wildman–Crippen LogP) is 2.15. The average Bonchev–Trinajstić information content (AvgIpc) is 3.13. The van der Waals surface area contributed by atoms with E-state index in [-0.39, 0.29) is 17.7 Å². The molecule has 138 valence electrons. The first kappa shape index (κ1) is 16.3. The molecule has 27 heavy (non-hydrogen) atoms. The second kappa shape index (κ2) is 6.39. The normalized spacial score (nSPS) is 25.4. The van der Waals surface area contributed by atoms with E-state index in [2.05, 4.69) is 51.4 Å². The van der Waals surface area contributed by atoms with Crippen LogP contribution in [0.2, 0.25) is 0 Å². The van der Waals surface area contributed by atoms with Crippen LogP contribution in [0.4, 0.5) is 5.69 Å². The van der Waals surface area contributed by atoms with Gasteiger partial charge in [0, 0.05) is 43.5 Å². The minimum atomic E-state index is -0.313. The maximum Gasteiger partial charge on any atom is 0.235 e. The van der Waals surface area contributed by atoms with Crippen molar-refractivity contribution in [2.24, 2.45) is 5.92 Å². The predicted molar refractivity (Wildman–Crippen MR) is 107 cm³/mol. The van der Waals surface area contributed by atoms with Gasteiger partial charge in [0.25, 0.3) is 0 Å². The smallest absolute Gasteiger partial charge is 0.235 e. The van der Waals surface area contributed by atoms with Crippen LogP contribution in [0.15, 0.2) is 54.3 Å². The highest BCUT2D eigenvalue weighted by Gasteiger charge is 2.40. The minimum absolute atomic E-state index is 0.00421. The van der Waals surface area contributed by atoms with Gasteiger partial charge in [-0.3, -0.25) is 4.79 Å². The molecule has 0 radical (unpaired) electrons. The van der Waals surface area contributed by atoms with Gasteiger partial charge in [0.15, 0.2) is 0 Å². The number of aromatic amines is 1. The van der Waals surface area contributed by atoms with Gasteiger partial charge in [-0.2, -0.15) is 0 Å². The lowest BCUT2D eigenvalue weighted by molar-refractivity contribution is -0.120. The summed E-state index contributed by atoms with van der Waals surface area (Å²) in [7, 11) is 2.16. The molecular weight excluding hydrogens is 338 g/mol. The molecule has 3 aliphatic rings. The van der Waals surface area contributed by atoms with Gasteiger partial charge in [0.2, 0.25) is 5.91 Å². The van der Waals surface area contributed by atoms with Gasteiger partial charge in [-0.15, -0.1) is 0 Å². The number of nitrogens with one attached hydrogen (secondary N) is 2. The van der Waals surface area contributed by atoms with E-state index < -0.39 is 0 Å². The van der Waals surface area contributed by atoms with Crippen molar-refractivity contribution >= 4 is 22.6 Å². The maximum absolute atomic E-state index is 12.6. The first-order chi connectivity index (χ1) is 13.2. The lowest BCUT2D eigenvalue weighted by Gasteiger charge is -2.34. The number of rotatable bonds is 2. The largest absolute Gasteiger partial charge is 0.369 e. The Morgan fingerprint density at radius 1 is 1.11 bits per heavy atom. The summed E-state index contributed by atoms with van der Waals surface area (Å²) in [4.78, 5) is 25.5. The number of allylic oxidation sites excluding steroid dienone is 5. The van der Waals surface area contributed by atoms with E-state index in [0.29, 0.717) is 0 Å². The van der Waals surface area contributed by atoms with Gasteiger partial charge in [0.05, 0.1) is 11.0 Å². The molecule has 2 fully saturated rings. The van der Waals surface area contributed by atoms with E-state index in [1.807, 2.05) is 24.3 Å². The Labute approximate surface area is 158 Å². The molecule has 3 heterocycles. The maximum atomic E-state index is 12.6. The number of amides is 1. The number of hydrogen-bond acceptors (Lipinski definition) is 4. The third kappa shape index (κ3) is 2.86. The Morgan fingerprint density at radius 3 is 2.81 bits per heavy atom. The van der Waals surface area contributed by atoms with Crippen molar-refractivity contribution in [3.63, 3.8) is 0 Å². The number of carbonyl (C=O) groups is 1. The van der Waals surface area contributed by atoms with Crippen LogP contribution in [-0.4, -0.2) is 54.0 Å². The molecule has 1 aromatic heterocycles. The second-order valence-corrected chi connectivity index (χ2v) is 7.50. The van der Waals surface area contributed by atoms with Crippen molar-refractivity contribution in [1.82, 2.24) is 20.2 Å². The first-order valence-corrected chi connectivity index (χ1v) is 9.48. The van der Waals surface area contributed by atoms with Crippen molar-refractivity contribution in [2.75, 3.05) is 38.1 Å². The number of H-pyrrole nitrogens is 1. The number of fused-ring (bicyclic) bond motifs is 2. The zero-order valence-electron chi connectivity index (χ0n) is 15.4. The van der Waals surface area contributed by atoms with E-state index in [0.717, 1.165) is 48.7 Å². The van der Waals surface area contributed by atoms with Crippen molar-refractivity contribution in [3.05, 3.63) is 60.1 Å². The van der Waals surface area contributed by atoms with Crippen LogP contribution in [0.25, 0.3) is 11.0 Å². The molecule has 0 saturated carbocycles. The lowest BCUT2D eigenvalue weighted by atomic mass is 9.92. The van der Waals surface area contributed by atoms with Crippen LogP contribution in [-0.2, 0) is 4.79 Å². The van der Waals surface area contributed by atoms with Gasteiger partial charge in [-0.05, 0) is 31.3 Å². The fourth-order valence-corrected chi connectivity index (χ4v) is 4.14. The van der Waals surface area contributed by atoms with E-state index in [9.17, 15) is 4.79 Å². The molecule has 2 aliphatic heterocycles. The highest BCUT2D eigenvalue weighted by molar-refractivity contribution is 5.90. The van der Waals surface area contributed by atoms with Crippen LogP contribution in [0.3, 0.4) is 0 Å². The lowest BCUT2D eigenvalue weighted by Crippen LogP contribution is -2.44. The molecule has 1 aromatic carbocycles. The number of likely N-dealkylation sites (N-methyl/N-ethyl adjacent to an activating group) is 1. The summed E-state index contributed by atoms with van der Waals surface area (Å²) in [6.07, 6.45) is 9.97. The highest BCUT2D eigenvalue weighted by Crippen LogP contribution is 2.36. The molecule has 5 rings (SSSR count). The molecule has 1 aliphatic carbocycles. The van der Waals surface area contributed by atoms with E-state index in [1.165, 1.54) is 5.69 Å². The second-order valence-electron chi connectivity index (χ2n) is 7.50. The number of piperazine rings is 1. The minimum Gasteiger partial charge on any atom is -0.369 e.